The number of carbonyl (C=O) groups is 1. The molecular formula is C31H38N4O4S2. The second-order valence-electron chi connectivity index (χ2n) is 11.7. The Kier molecular flexibility index (Phi) is 7.82. The highest BCUT2D eigenvalue weighted by molar-refractivity contribution is 7.91. The number of rotatable bonds is 7. The summed E-state index contributed by atoms with van der Waals surface area (Å²) in [6.07, 6.45) is 8.26. The van der Waals surface area contributed by atoms with Crippen molar-refractivity contribution in [1.82, 2.24) is 19.8 Å². The maximum absolute atomic E-state index is 13.4. The number of aryl methyl sites for hydroxylation is 2. The van der Waals surface area contributed by atoms with Crippen LogP contribution < -0.4 is 16.2 Å². The molecule has 2 aliphatic heterocycles. The maximum atomic E-state index is 13.4. The second kappa shape index (κ2) is 11.4. The molecule has 2 N–H and O–H groups in total. The quantitative estimate of drug-likeness (QED) is 0.323. The molecule has 41 heavy (non-hydrogen) atoms. The number of amides is 1. The number of benzene rings is 1. The summed E-state index contributed by atoms with van der Waals surface area (Å²) in [4.78, 5) is 27.1. The van der Waals surface area contributed by atoms with E-state index in [4.69, 9.17) is 0 Å². The average molecular weight is 595 g/mol. The number of hydrogen-bond donors (Lipinski definition) is 2. The van der Waals surface area contributed by atoms with Crippen molar-refractivity contribution < 1.29 is 13.2 Å². The molecule has 2 aliphatic rings. The lowest BCUT2D eigenvalue weighted by molar-refractivity contribution is 0.0938. The van der Waals surface area contributed by atoms with E-state index in [2.05, 4.69) is 46.5 Å². The minimum Gasteiger partial charge on any atom is -0.349 e. The zero-order valence-electron chi connectivity index (χ0n) is 23.7. The van der Waals surface area contributed by atoms with Gasteiger partial charge in [0.05, 0.1) is 21.8 Å². The number of sulfone groups is 1. The second-order valence-corrected chi connectivity index (χ2v) is 15.0. The molecule has 218 valence electrons. The minimum absolute atomic E-state index is 0.0879. The highest BCUT2D eigenvalue weighted by atomic mass is 32.2. The SMILES string of the molecule is CCCn1cc(-c2ccc3c(c2)c(C)cn3CC2CCNCC2)c2sc(C(=O)NC3CCS(=O)(=O)CC3)cc2c1=O. The van der Waals surface area contributed by atoms with E-state index in [1.54, 1.807) is 10.6 Å². The highest BCUT2D eigenvalue weighted by Crippen LogP contribution is 2.36. The number of pyridine rings is 1. The van der Waals surface area contributed by atoms with Crippen LogP contribution in [0.2, 0.25) is 0 Å². The smallest absolute Gasteiger partial charge is 0.261 e. The third kappa shape index (κ3) is 5.74. The van der Waals surface area contributed by atoms with Gasteiger partial charge in [0.25, 0.3) is 11.5 Å². The van der Waals surface area contributed by atoms with Crippen molar-refractivity contribution in [2.24, 2.45) is 5.92 Å². The van der Waals surface area contributed by atoms with Gasteiger partial charge >= 0.3 is 0 Å². The Morgan fingerprint density at radius 2 is 1.80 bits per heavy atom. The van der Waals surface area contributed by atoms with Gasteiger partial charge < -0.3 is 19.8 Å². The molecule has 10 heteroatoms. The van der Waals surface area contributed by atoms with Crippen LogP contribution in [0.25, 0.3) is 32.1 Å². The Morgan fingerprint density at radius 3 is 2.54 bits per heavy atom. The van der Waals surface area contributed by atoms with Crippen molar-refractivity contribution in [2.45, 2.75) is 65.1 Å². The van der Waals surface area contributed by atoms with Gasteiger partial charge in [-0.15, -0.1) is 11.3 Å². The van der Waals surface area contributed by atoms with E-state index >= 15 is 0 Å². The third-order valence-electron chi connectivity index (χ3n) is 8.64. The van der Waals surface area contributed by atoms with Crippen LogP contribution >= 0.6 is 11.3 Å². The topological polar surface area (TPSA) is 102 Å². The van der Waals surface area contributed by atoms with Crippen LogP contribution in [-0.2, 0) is 22.9 Å². The zero-order chi connectivity index (χ0) is 28.7. The van der Waals surface area contributed by atoms with Gasteiger partial charge in [0, 0.05) is 52.7 Å². The minimum atomic E-state index is -3.01. The largest absolute Gasteiger partial charge is 0.349 e. The Morgan fingerprint density at radius 1 is 1.05 bits per heavy atom. The summed E-state index contributed by atoms with van der Waals surface area (Å²) in [5.41, 5.74) is 4.35. The Balaban J connectivity index is 1.36. The lowest BCUT2D eigenvalue weighted by Gasteiger charge is -2.23. The molecule has 6 rings (SSSR count). The van der Waals surface area contributed by atoms with Crippen molar-refractivity contribution >= 4 is 48.1 Å². The molecule has 5 heterocycles. The molecular weight excluding hydrogens is 556 g/mol. The third-order valence-corrected chi connectivity index (χ3v) is 11.5. The molecule has 1 amide bonds. The number of nitrogens with zero attached hydrogens (tertiary/aromatic N) is 2. The van der Waals surface area contributed by atoms with Gasteiger partial charge in [-0.05, 0) is 87.4 Å². The van der Waals surface area contributed by atoms with Crippen molar-refractivity contribution in [2.75, 3.05) is 24.6 Å². The average Bonchev–Trinajstić information content (AvgIpc) is 3.54. The molecule has 0 atom stereocenters. The maximum Gasteiger partial charge on any atom is 0.261 e. The van der Waals surface area contributed by atoms with Gasteiger partial charge in [-0.25, -0.2) is 8.42 Å². The Hall–Kier alpha value is -2.95. The predicted octanol–water partition coefficient (Wildman–Crippen LogP) is 4.71. The van der Waals surface area contributed by atoms with E-state index in [-0.39, 0.29) is 29.0 Å². The molecule has 2 fully saturated rings. The number of aromatic nitrogens is 2. The number of piperidine rings is 1. The van der Waals surface area contributed by atoms with E-state index < -0.39 is 9.84 Å². The van der Waals surface area contributed by atoms with Crippen molar-refractivity contribution in [3.8, 4) is 11.1 Å². The fourth-order valence-electron chi connectivity index (χ4n) is 6.33. The molecule has 0 saturated carbocycles. The monoisotopic (exact) mass is 594 g/mol. The van der Waals surface area contributed by atoms with E-state index in [0.717, 1.165) is 41.9 Å². The fraction of sp³-hybridized carbons (Fsp3) is 0.484. The predicted molar refractivity (Wildman–Crippen MR) is 167 cm³/mol. The summed E-state index contributed by atoms with van der Waals surface area (Å²) in [6.45, 7) is 7.99. The lowest BCUT2D eigenvalue weighted by Crippen LogP contribution is -2.40. The molecule has 0 bridgehead atoms. The number of nitrogens with one attached hydrogen (secondary N) is 2. The summed E-state index contributed by atoms with van der Waals surface area (Å²) in [5.74, 6) is 0.621. The first-order valence-electron chi connectivity index (χ1n) is 14.7. The summed E-state index contributed by atoms with van der Waals surface area (Å²) < 4.78 is 28.6. The molecule has 0 aliphatic carbocycles. The summed E-state index contributed by atoms with van der Waals surface area (Å²) in [7, 11) is -3.01. The summed E-state index contributed by atoms with van der Waals surface area (Å²) in [5, 5.41) is 8.23. The van der Waals surface area contributed by atoms with Crippen molar-refractivity contribution in [3.63, 3.8) is 0 Å². The van der Waals surface area contributed by atoms with E-state index in [1.165, 1.54) is 40.6 Å². The normalized spacial score (nSPS) is 18.3. The fourth-order valence-corrected chi connectivity index (χ4v) is 8.91. The highest BCUT2D eigenvalue weighted by Gasteiger charge is 2.26. The van der Waals surface area contributed by atoms with Crippen molar-refractivity contribution in [1.29, 1.82) is 0 Å². The molecule has 0 spiro atoms. The van der Waals surface area contributed by atoms with Crippen LogP contribution in [-0.4, -0.2) is 54.1 Å². The van der Waals surface area contributed by atoms with Gasteiger partial charge in [-0.2, -0.15) is 0 Å². The first-order chi connectivity index (χ1) is 19.7. The van der Waals surface area contributed by atoms with Crippen LogP contribution in [0.3, 0.4) is 0 Å². The van der Waals surface area contributed by atoms with Gasteiger partial charge in [0.1, 0.15) is 9.84 Å². The molecule has 1 aromatic carbocycles. The van der Waals surface area contributed by atoms with E-state index in [9.17, 15) is 18.0 Å². The van der Waals surface area contributed by atoms with Crippen LogP contribution in [0.5, 0.6) is 0 Å². The van der Waals surface area contributed by atoms with Crippen LogP contribution in [0.4, 0.5) is 0 Å². The van der Waals surface area contributed by atoms with Crippen LogP contribution in [0, 0.1) is 12.8 Å². The number of thiophene rings is 1. The number of carbonyl (C=O) groups excluding carboxylic acids is 1. The first-order valence-corrected chi connectivity index (χ1v) is 17.3. The number of hydrogen-bond acceptors (Lipinski definition) is 6. The lowest BCUT2D eigenvalue weighted by atomic mass is 9.98. The standard InChI is InChI=1S/C31H38N4O4S2/c1-3-12-34-19-26(22-4-5-27-24(15-22)20(2)17-35(27)18-21-6-10-32-11-7-21)29-25(31(34)37)16-28(40-29)30(36)33-23-8-13-41(38,39)14-9-23/h4-5,15-17,19,21,23,32H,3,6-14,18H2,1-2H3,(H,33,36). The van der Waals surface area contributed by atoms with Crippen LogP contribution in [0.1, 0.15) is 54.3 Å². The molecule has 4 aromatic rings. The zero-order valence-corrected chi connectivity index (χ0v) is 25.4. The van der Waals surface area contributed by atoms with Crippen molar-refractivity contribution in [3.05, 3.63) is 57.5 Å². The molecule has 0 unspecified atom stereocenters. The molecule has 8 nitrogen and oxygen atoms in total. The molecule has 0 radical (unpaired) electrons. The first kappa shape index (κ1) is 28.2. The molecule has 3 aromatic heterocycles. The number of fused-ring (bicyclic) bond motifs is 2. The van der Waals surface area contributed by atoms with Gasteiger partial charge in [-0.3, -0.25) is 9.59 Å². The molecule has 2 saturated heterocycles. The van der Waals surface area contributed by atoms with Gasteiger partial charge in [0.15, 0.2) is 0 Å². The van der Waals surface area contributed by atoms with Crippen LogP contribution in [0.15, 0.2) is 41.5 Å². The summed E-state index contributed by atoms with van der Waals surface area (Å²) >= 11 is 1.34. The van der Waals surface area contributed by atoms with E-state index in [0.29, 0.717) is 35.6 Å². The Labute approximate surface area is 244 Å². The van der Waals surface area contributed by atoms with Gasteiger partial charge in [0.2, 0.25) is 0 Å². The van der Waals surface area contributed by atoms with E-state index in [1.807, 2.05) is 13.1 Å². The summed E-state index contributed by atoms with van der Waals surface area (Å²) in [6, 6.07) is 8.09. The Bertz CT molecular complexity index is 1760. The van der Waals surface area contributed by atoms with Gasteiger partial charge in [-0.1, -0.05) is 13.0 Å².